The number of benzene rings is 1. The molecule has 1 aliphatic rings. The smallest absolute Gasteiger partial charge is 0.235 e. The summed E-state index contributed by atoms with van der Waals surface area (Å²) >= 11 is 0. The Morgan fingerprint density at radius 2 is 1.87 bits per heavy atom. The second kappa shape index (κ2) is 5.60. The molecule has 0 amide bonds. The first-order chi connectivity index (χ1) is 10.7. The van der Waals surface area contributed by atoms with E-state index < -0.39 is 10.0 Å². The van der Waals surface area contributed by atoms with Crippen LogP contribution in [-0.2, 0) is 16.6 Å². The molecule has 0 aliphatic carbocycles. The van der Waals surface area contributed by atoms with Gasteiger partial charge in [-0.1, -0.05) is 32.9 Å². The summed E-state index contributed by atoms with van der Waals surface area (Å²) in [4.78, 5) is 0. The average molecular weight is 334 g/mol. The Bertz CT molecular complexity index is 799. The van der Waals surface area contributed by atoms with Crippen molar-refractivity contribution in [3.8, 4) is 16.9 Å². The summed E-state index contributed by atoms with van der Waals surface area (Å²) in [6.45, 7) is 7.51. The summed E-state index contributed by atoms with van der Waals surface area (Å²) in [5, 5.41) is 0. The van der Waals surface area contributed by atoms with E-state index in [0.717, 1.165) is 16.9 Å². The van der Waals surface area contributed by atoms with Crippen LogP contribution in [0.1, 0.15) is 20.8 Å². The van der Waals surface area contributed by atoms with Crippen molar-refractivity contribution in [2.45, 2.75) is 27.3 Å². The van der Waals surface area contributed by atoms with Gasteiger partial charge in [-0.2, -0.15) is 0 Å². The number of hydrogen-bond donors (Lipinski definition) is 1. The van der Waals surface area contributed by atoms with Gasteiger partial charge in [0.25, 0.3) is 0 Å². The molecule has 23 heavy (non-hydrogen) atoms. The minimum atomic E-state index is -3.23. The highest BCUT2D eigenvalue weighted by Gasteiger charge is 2.23. The van der Waals surface area contributed by atoms with Crippen LogP contribution in [0.2, 0.25) is 0 Å². The van der Waals surface area contributed by atoms with Gasteiger partial charge in [0.1, 0.15) is 11.6 Å². The van der Waals surface area contributed by atoms with Crippen molar-refractivity contribution in [3.63, 3.8) is 0 Å². The van der Waals surface area contributed by atoms with Crippen LogP contribution in [0, 0.1) is 5.41 Å². The molecule has 0 bridgehead atoms. The average Bonchev–Trinajstić information content (AvgIpc) is 2.86. The lowest BCUT2D eigenvalue weighted by atomic mass is 9.99. The maximum absolute atomic E-state index is 11.8. The van der Waals surface area contributed by atoms with E-state index in [9.17, 15) is 8.42 Å². The van der Waals surface area contributed by atoms with Gasteiger partial charge in [0.2, 0.25) is 10.0 Å². The van der Waals surface area contributed by atoms with E-state index in [2.05, 4.69) is 25.5 Å². The molecule has 6 heteroatoms. The lowest BCUT2D eigenvalue weighted by Crippen LogP contribution is -2.27. The molecule has 0 saturated heterocycles. The molecule has 1 N–H and O–H groups in total. The molecule has 0 unspecified atom stereocenters. The molecule has 0 fully saturated rings. The van der Waals surface area contributed by atoms with E-state index in [1.165, 1.54) is 0 Å². The standard InChI is InChI=1S/C17H22N2O3S/c1-17(2,3)12-22-14-6-4-13(5-7-14)15-8-9-19-10-11-23(20,21)18-16(15)19/h4-9,18H,10-12H2,1-3H3. The number of fused-ring (bicyclic) bond motifs is 1. The lowest BCUT2D eigenvalue weighted by molar-refractivity contribution is 0.198. The predicted octanol–water partition coefficient (Wildman–Crippen LogP) is 3.34. The van der Waals surface area contributed by atoms with Crippen molar-refractivity contribution < 1.29 is 13.2 Å². The van der Waals surface area contributed by atoms with Crippen molar-refractivity contribution in [1.82, 2.24) is 4.57 Å². The van der Waals surface area contributed by atoms with E-state index >= 15 is 0 Å². The molecule has 2 aromatic rings. The monoisotopic (exact) mass is 334 g/mol. The fraction of sp³-hybridized carbons (Fsp3) is 0.412. The molecule has 1 aliphatic heterocycles. The number of sulfonamides is 1. The molecule has 1 aromatic heterocycles. The van der Waals surface area contributed by atoms with Crippen LogP contribution in [0.3, 0.4) is 0 Å². The second-order valence-electron chi connectivity index (χ2n) is 7.07. The number of rotatable bonds is 3. The SMILES string of the molecule is CC(C)(C)COc1ccc(-c2ccn3c2NS(=O)(=O)CC3)cc1. The van der Waals surface area contributed by atoms with Gasteiger partial charge < -0.3 is 9.30 Å². The first-order valence-corrected chi connectivity index (χ1v) is 9.32. The van der Waals surface area contributed by atoms with Crippen LogP contribution >= 0.6 is 0 Å². The molecule has 0 spiro atoms. The van der Waals surface area contributed by atoms with Crippen molar-refractivity contribution in [2.75, 3.05) is 17.1 Å². The Morgan fingerprint density at radius 1 is 1.17 bits per heavy atom. The van der Waals surface area contributed by atoms with E-state index in [-0.39, 0.29) is 11.2 Å². The Hall–Kier alpha value is -1.95. The highest BCUT2D eigenvalue weighted by molar-refractivity contribution is 7.92. The molecule has 1 aromatic carbocycles. The van der Waals surface area contributed by atoms with Gasteiger partial charge in [-0.3, -0.25) is 4.72 Å². The number of hydrogen-bond acceptors (Lipinski definition) is 3. The Morgan fingerprint density at radius 3 is 2.52 bits per heavy atom. The van der Waals surface area contributed by atoms with Gasteiger partial charge in [0.05, 0.1) is 12.4 Å². The minimum absolute atomic E-state index is 0.109. The molecule has 2 heterocycles. The van der Waals surface area contributed by atoms with Crippen LogP contribution in [0.15, 0.2) is 36.5 Å². The van der Waals surface area contributed by atoms with Crippen LogP contribution in [0.25, 0.3) is 11.1 Å². The summed E-state index contributed by atoms with van der Waals surface area (Å²) in [6.07, 6.45) is 1.91. The number of aryl methyl sites for hydroxylation is 1. The first kappa shape index (κ1) is 15.9. The lowest BCUT2D eigenvalue weighted by Gasteiger charge is -2.20. The van der Waals surface area contributed by atoms with Crippen LogP contribution in [-0.4, -0.2) is 25.3 Å². The third-order valence-corrected chi connectivity index (χ3v) is 4.88. The topological polar surface area (TPSA) is 60.3 Å². The van der Waals surface area contributed by atoms with E-state index in [0.29, 0.717) is 19.0 Å². The van der Waals surface area contributed by atoms with Gasteiger partial charge in [0, 0.05) is 18.3 Å². The predicted molar refractivity (Wildman–Crippen MR) is 92.2 cm³/mol. The summed E-state index contributed by atoms with van der Waals surface area (Å²) < 4.78 is 33.9. The van der Waals surface area contributed by atoms with Gasteiger partial charge in [-0.15, -0.1) is 0 Å². The summed E-state index contributed by atoms with van der Waals surface area (Å²) in [5.41, 5.74) is 1.96. The third-order valence-electron chi connectivity index (χ3n) is 3.65. The number of nitrogens with zero attached hydrogens (tertiary/aromatic N) is 1. The van der Waals surface area contributed by atoms with E-state index in [1.54, 1.807) is 0 Å². The number of ether oxygens (including phenoxy) is 1. The fourth-order valence-corrected chi connectivity index (χ4v) is 3.51. The van der Waals surface area contributed by atoms with Crippen molar-refractivity contribution in [2.24, 2.45) is 5.41 Å². The molecule has 3 rings (SSSR count). The second-order valence-corrected chi connectivity index (χ2v) is 8.91. The first-order valence-electron chi connectivity index (χ1n) is 7.66. The zero-order valence-electron chi connectivity index (χ0n) is 13.7. The van der Waals surface area contributed by atoms with E-state index in [1.807, 2.05) is 41.1 Å². The Balaban J connectivity index is 1.82. The zero-order chi connectivity index (χ0) is 16.7. The molecule has 5 nitrogen and oxygen atoms in total. The molecule has 0 radical (unpaired) electrons. The molecular formula is C17H22N2O3S. The zero-order valence-corrected chi connectivity index (χ0v) is 14.5. The Kier molecular flexibility index (Phi) is 3.88. The van der Waals surface area contributed by atoms with Gasteiger partial charge in [0.15, 0.2) is 0 Å². The summed E-state index contributed by atoms with van der Waals surface area (Å²) in [5.74, 6) is 1.57. The number of nitrogens with one attached hydrogen (secondary N) is 1. The molecular weight excluding hydrogens is 312 g/mol. The molecule has 0 atom stereocenters. The van der Waals surface area contributed by atoms with Crippen LogP contribution in [0.4, 0.5) is 5.82 Å². The highest BCUT2D eigenvalue weighted by atomic mass is 32.2. The fourth-order valence-electron chi connectivity index (χ4n) is 2.45. The Labute approximate surface area is 137 Å². The maximum Gasteiger partial charge on any atom is 0.235 e. The minimum Gasteiger partial charge on any atom is -0.493 e. The summed E-state index contributed by atoms with van der Waals surface area (Å²) in [6, 6.07) is 9.69. The van der Waals surface area contributed by atoms with Gasteiger partial charge in [-0.05, 0) is 29.2 Å². The van der Waals surface area contributed by atoms with Gasteiger partial charge >= 0.3 is 0 Å². The number of anilines is 1. The van der Waals surface area contributed by atoms with Crippen LogP contribution < -0.4 is 9.46 Å². The van der Waals surface area contributed by atoms with Crippen molar-refractivity contribution in [3.05, 3.63) is 36.5 Å². The van der Waals surface area contributed by atoms with Crippen molar-refractivity contribution >= 4 is 15.8 Å². The van der Waals surface area contributed by atoms with Crippen LogP contribution in [0.5, 0.6) is 5.75 Å². The third kappa shape index (κ3) is 3.69. The van der Waals surface area contributed by atoms with E-state index in [4.69, 9.17) is 4.74 Å². The molecule has 0 saturated carbocycles. The maximum atomic E-state index is 11.8. The normalized spacial score (nSPS) is 16.5. The van der Waals surface area contributed by atoms with Crippen molar-refractivity contribution in [1.29, 1.82) is 0 Å². The summed E-state index contributed by atoms with van der Waals surface area (Å²) in [7, 11) is -3.23. The highest BCUT2D eigenvalue weighted by Crippen LogP contribution is 2.33. The number of aromatic nitrogens is 1. The largest absolute Gasteiger partial charge is 0.493 e. The quantitative estimate of drug-likeness (QED) is 0.936. The molecule has 124 valence electrons. The van der Waals surface area contributed by atoms with Gasteiger partial charge in [-0.25, -0.2) is 8.42 Å².